The van der Waals surface area contributed by atoms with Gasteiger partial charge in [-0.25, -0.2) is 4.79 Å². The Morgan fingerprint density at radius 2 is 2.00 bits per heavy atom. The van der Waals surface area contributed by atoms with E-state index in [4.69, 9.17) is 11.6 Å². The second-order valence-corrected chi connectivity index (χ2v) is 3.74. The molecule has 1 aromatic rings. The maximum Gasteiger partial charge on any atom is 0.339 e. The molecule has 1 N–H and O–H groups in total. The van der Waals surface area contributed by atoms with Crippen molar-refractivity contribution in [2.45, 2.75) is 0 Å². The van der Waals surface area contributed by atoms with Gasteiger partial charge in [0.15, 0.2) is 0 Å². The van der Waals surface area contributed by atoms with Gasteiger partial charge in [-0.05, 0) is 24.3 Å². The topological polar surface area (TPSA) is 95.5 Å². The predicted molar refractivity (Wildman–Crippen MR) is 65.6 cm³/mol. The van der Waals surface area contributed by atoms with Crippen molar-refractivity contribution in [1.82, 2.24) is 0 Å². The number of carbonyl (C=O) groups is 3. The summed E-state index contributed by atoms with van der Waals surface area (Å²) in [6.07, 6.45) is 1.38. The molecule has 0 bridgehead atoms. The molecule has 0 unspecified atom stereocenters. The zero-order valence-electron chi connectivity index (χ0n) is 9.81. The summed E-state index contributed by atoms with van der Waals surface area (Å²) in [5, 5.41) is 12.7. The van der Waals surface area contributed by atoms with E-state index in [0.717, 1.165) is 6.08 Å². The Morgan fingerprint density at radius 1 is 1.32 bits per heavy atom. The Labute approximate surface area is 113 Å². The van der Waals surface area contributed by atoms with Crippen LogP contribution < -0.4 is 10.4 Å². The lowest BCUT2D eigenvalue weighted by Crippen LogP contribution is -2.20. The molecule has 0 aliphatic carbocycles. The molecular weight excluding hydrogens is 274 g/mol. The van der Waals surface area contributed by atoms with E-state index in [1.54, 1.807) is 0 Å². The van der Waals surface area contributed by atoms with E-state index < -0.39 is 17.8 Å². The van der Waals surface area contributed by atoms with E-state index in [2.05, 4.69) is 10.1 Å². The fourth-order valence-electron chi connectivity index (χ4n) is 1.20. The van der Waals surface area contributed by atoms with E-state index in [1.165, 1.54) is 25.3 Å². The van der Waals surface area contributed by atoms with Crippen molar-refractivity contribution < 1.29 is 24.2 Å². The number of esters is 1. The second-order valence-electron chi connectivity index (χ2n) is 3.33. The minimum atomic E-state index is -1.48. The highest BCUT2D eigenvalue weighted by molar-refractivity contribution is 6.33. The van der Waals surface area contributed by atoms with E-state index in [1.807, 2.05) is 0 Å². The van der Waals surface area contributed by atoms with E-state index in [-0.39, 0.29) is 16.3 Å². The van der Waals surface area contributed by atoms with Gasteiger partial charge in [0.1, 0.15) is 0 Å². The fourth-order valence-corrected chi connectivity index (χ4v) is 1.39. The first kappa shape index (κ1) is 14.7. The number of ether oxygens (including phenoxy) is 1. The van der Waals surface area contributed by atoms with E-state index >= 15 is 0 Å². The van der Waals surface area contributed by atoms with Crippen molar-refractivity contribution in [2.75, 3.05) is 12.4 Å². The van der Waals surface area contributed by atoms with Crippen molar-refractivity contribution in [2.24, 2.45) is 0 Å². The molecule has 0 aromatic heterocycles. The molecule has 0 spiro atoms. The van der Waals surface area contributed by atoms with Crippen molar-refractivity contribution in [3.63, 3.8) is 0 Å². The summed E-state index contributed by atoms with van der Waals surface area (Å²) in [6, 6.07) is 4.18. The largest absolute Gasteiger partial charge is 0.545 e. The standard InChI is InChI=1S/C12H10ClNO5/c1-19-12(18)8-6-7(2-3-9(8)13)14-10(15)4-5-11(16)17/h2-6H,1H3,(H,14,15)(H,16,17)/p-1/b5-4+. The number of amides is 1. The molecule has 0 aliphatic heterocycles. The number of carboxylic acids is 1. The number of aliphatic carboxylic acids is 1. The Morgan fingerprint density at radius 3 is 2.58 bits per heavy atom. The number of rotatable bonds is 4. The Kier molecular flexibility index (Phi) is 5.08. The van der Waals surface area contributed by atoms with Gasteiger partial charge < -0.3 is 20.0 Å². The Hall–Kier alpha value is -2.34. The fraction of sp³-hybridized carbons (Fsp3) is 0.0833. The summed E-state index contributed by atoms with van der Waals surface area (Å²) < 4.78 is 4.52. The van der Waals surface area contributed by atoms with Gasteiger partial charge in [0.2, 0.25) is 5.91 Å². The summed E-state index contributed by atoms with van der Waals surface area (Å²) in [4.78, 5) is 32.8. The van der Waals surface area contributed by atoms with Crippen LogP contribution in [0, 0.1) is 0 Å². The average Bonchev–Trinajstić information content (AvgIpc) is 2.37. The van der Waals surface area contributed by atoms with E-state index in [0.29, 0.717) is 6.08 Å². The lowest BCUT2D eigenvalue weighted by Gasteiger charge is -2.06. The number of benzene rings is 1. The minimum absolute atomic E-state index is 0.0887. The summed E-state index contributed by atoms with van der Waals surface area (Å²) in [7, 11) is 1.20. The molecule has 1 aromatic carbocycles. The highest BCUT2D eigenvalue weighted by Gasteiger charge is 2.11. The average molecular weight is 283 g/mol. The van der Waals surface area contributed by atoms with Gasteiger partial charge in [-0.15, -0.1) is 0 Å². The smallest absolute Gasteiger partial charge is 0.339 e. The number of methoxy groups -OCH3 is 1. The van der Waals surface area contributed by atoms with Crippen LogP contribution in [-0.4, -0.2) is 25.0 Å². The zero-order chi connectivity index (χ0) is 14.4. The third-order valence-corrected chi connectivity index (χ3v) is 2.34. The highest BCUT2D eigenvalue weighted by atomic mass is 35.5. The molecule has 0 fully saturated rings. The number of halogens is 1. The molecule has 0 radical (unpaired) electrons. The summed E-state index contributed by atoms with van der Waals surface area (Å²) in [6.45, 7) is 0. The molecule has 0 aliphatic rings. The molecule has 0 heterocycles. The van der Waals surface area contributed by atoms with Crippen LogP contribution in [0.2, 0.25) is 5.02 Å². The zero-order valence-corrected chi connectivity index (χ0v) is 10.6. The van der Waals surface area contributed by atoms with Gasteiger partial charge in [0, 0.05) is 11.8 Å². The van der Waals surface area contributed by atoms with Crippen LogP contribution >= 0.6 is 11.6 Å². The van der Waals surface area contributed by atoms with Gasteiger partial charge in [0.25, 0.3) is 0 Å². The van der Waals surface area contributed by atoms with Gasteiger partial charge in [-0.1, -0.05) is 11.6 Å². The van der Waals surface area contributed by atoms with Crippen LogP contribution in [0.25, 0.3) is 0 Å². The molecule has 1 rings (SSSR count). The van der Waals surface area contributed by atoms with Crippen LogP contribution in [0.15, 0.2) is 30.4 Å². The second kappa shape index (κ2) is 6.55. The highest BCUT2D eigenvalue weighted by Crippen LogP contribution is 2.21. The van der Waals surface area contributed by atoms with Crippen molar-refractivity contribution in [1.29, 1.82) is 0 Å². The van der Waals surface area contributed by atoms with Gasteiger partial charge in [-0.2, -0.15) is 0 Å². The van der Waals surface area contributed by atoms with Crippen LogP contribution in [0.3, 0.4) is 0 Å². The number of carboxylic acid groups (broad SMARTS) is 1. The maximum absolute atomic E-state index is 11.4. The molecule has 0 saturated carbocycles. The first-order valence-electron chi connectivity index (χ1n) is 5.02. The van der Waals surface area contributed by atoms with Gasteiger partial charge >= 0.3 is 5.97 Å². The molecule has 1 amide bonds. The number of hydrogen-bond acceptors (Lipinski definition) is 5. The molecule has 6 nitrogen and oxygen atoms in total. The summed E-state index contributed by atoms with van der Waals surface area (Å²) in [5.74, 6) is -2.81. The lowest BCUT2D eigenvalue weighted by molar-refractivity contribution is -0.297. The first-order valence-corrected chi connectivity index (χ1v) is 5.39. The number of hydrogen-bond donors (Lipinski definition) is 1. The predicted octanol–water partition coefficient (Wildman–Crippen LogP) is 0.371. The number of carbonyl (C=O) groups excluding carboxylic acids is 3. The molecule has 0 saturated heterocycles. The van der Waals surface area contributed by atoms with Gasteiger partial charge in [-0.3, -0.25) is 4.79 Å². The number of nitrogens with one attached hydrogen (secondary N) is 1. The monoisotopic (exact) mass is 282 g/mol. The van der Waals surface area contributed by atoms with Crippen LogP contribution in [0.1, 0.15) is 10.4 Å². The molecular formula is C12H9ClNO5-. The molecule has 100 valence electrons. The third kappa shape index (κ3) is 4.44. The third-order valence-electron chi connectivity index (χ3n) is 2.01. The van der Waals surface area contributed by atoms with Crippen molar-refractivity contribution >= 4 is 35.1 Å². The van der Waals surface area contributed by atoms with Crippen LogP contribution in [-0.2, 0) is 14.3 Å². The molecule has 0 atom stereocenters. The lowest BCUT2D eigenvalue weighted by atomic mass is 10.2. The Bertz CT molecular complexity index is 553. The molecule has 7 heteroatoms. The Balaban J connectivity index is 2.88. The minimum Gasteiger partial charge on any atom is -0.545 e. The normalized spacial score (nSPS) is 10.2. The van der Waals surface area contributed by atoms with Crippen molar-refractivity contribution in [3.05, 3.63) is 40.9 Å². The first-order chi connectivity index (χ1) is 8.93. The maximum atomic E-state index is 11.4. The van der Waals surface area contributed by atoms with Crippen LogP contribution in [0.5, 0.6) is 0 Å². The summed E-state index contributed by atoms with van der Waals surface area (Å²) in [5.41, 5.74) is 0.364. The SMILES string of the molecule is COC(=O)c1cc(NC(=O)/C=C/C(=O)[O-])ccc1Cl. The van der Waals surface area contributed by atoms with Crippen LogP contribution in [0.4, 0.5) is 5.69 Å². The van der Waals surface area contributed by atoms with Gasteiger partial charge in [0.05, 0.1) is 23.7 Å². The molecule has 19 heavy (non-hydrogen) atoms. The van der Waals surface area contributed by atoms with Crippen molar-refractivity contribution in [3.8, 4) is 0 Å². The summed E-state index contributed by atoms with van der Waals surface area (Å²) >= 11 is 5.80. The number of anilines is 1. The van der Waals surface area contributed by atoms with E-state index in [9.17, 15) is 19.5 Å². The quantitative estimate of drug-likeness (QED) is 0.636.